The van der Waals surface area contributed by atoms with Gasteiger partial charge in [0.05, 0.1) is 5.25 Å². The molecule has 1 amide bonds. The van der Waals surface area contributed by atoms with Gasteiger partial charge in [-0.25, -0.2) is 0 Å². The first-order valence-electron chi connectivity index (χ1n) is 9.04. The first-order chi connectivity index (χ1) is 14.0. The Hall–Kier alpha value is -2.49. The highest BCUT2D eigenvalue weighted by Crippen LogP contribution is 2.29. The number of rotatable bonds is 7. The minimum atomic E-state index is -0.233. The van der Waals surface area contributed by atoms with Crippen molar-refractivity contribution in [3.63, 3.8) is 0 Å². The molecule has 0 fully saturated rings. The number of anilines is 3. The second-order valence-corrected chi connectivity index (χ2v) is 8.97. The molecule has 0 bridgehead atoms. The number of benzene rings is 2. The van der Waals surface area contributed by atoms with Crippen LogP contribution < -0.4 is 16.0 Å². The van der Waals surface area contributed by atoms with Crippen molar-refractivity contribution in [3.05, 3.63) is 59.6 Å². The van der Waals surface area contributed by atoms with Gasteiger partial charge in [0, 0.05) is 16.3 Å². The third-order valence-corrected chi connectivity index (χ3v) is 6.14. The summed E-state index contributed by atoms with van der Waals surface area (Å²) in [6, 6.07) is 17.6. The van der Waals surface area contributed by atoms with Crippen molar-refractivity contribution >= 4 is 62.8 Å². The molecule has 1 heterocycles. The summed E-state index contributed by atoms with van der Waals surface area (Å²) in [5.74, 6) is -0.0757. The van der Waals surface area contributed by atoms with Crippen molar-refractivity contribution in [2.45, 2.75) is 30.4 Å². The quantitative estimate of drug-likeness (QED) is 0.344. The van der Waals surface area contributed by atoms with Gasteiger partial charge in [-0.2, -0.15) is 0 Å². The second-order valence-electron chi connectivity index (χ2n) is 6.10. The predicted molar refractivity (Wildman–Crippen MR) is 126 cm³/mol. The second kappa shape index (κ2) is 10.3. The van der Waals surface area contributed by atoms with E-state index in [1.54, 1.807) is 0 Å². The third-order valence-electron chi connectivity index (χ3n) is 3.82. The standard InChI is InChI=1S/C20H21N5OS3/c1-3-17(18(26)23-20-25-24-13(2)28-20)29-16-11-7-10-15(12-16)22-19(27)21-14-8-5-4-6-9-14/h4-12,17H,3H2,1-2H3,(H2,21,22,27)(H,23,25,26). The molecular formula is C20H21N5OS3. The highest BCUT2D eigenvalue weighted by molar-refractivity contribution is 8.00. The van der Waals surface area contributed by atoms with E-state index in [-0.39, 0.29) is 11.2 Å². The lowest BCUT2D eigenvalue weighted by molar-refractivity contribution is -0.115. The normalized spacial score (nSPS) is 11.5. The van der Waals surface area contributed by atoms with Crippen LogP contribution in [0.2, 0.25) is 0 Å². The molecule has 9 heteroatoms. The molecule has 0 aliphatic rings. The van der Waals surface area contributed by atoms with Crippen LogP contribution in [-0.4, -0.2) is 26.5 Å². The zero-order valence-corrected chi connectivity index (χ0v) is 18.5. The maximum atomic E-state index is 12.6. The Morgan fingerprint density at radius 2 is 1.79 bits per heavy atom. The van der Waals surface area contributed by atoms with E-state index >= 15 is 0 Å². The first-order valence-corrected chi connectivity index (χ1v) is 11.1. The van der Waals surface area contributed by atoms with E-state index in [0.717, 1.165) is 21.3 Å². The maximum Gasteiger partial charge on any atom is 0.239 e. The zero-order chi connectivity index (χ0) is 20.6. The van der Waals surface area contributed by atoms with Crippen LogP contribution in [0, 0.1) is 6.92 Å². The van der Waals surface area contributed by atoms with Gasteiger partial charge in [-0.1, -0.05) is 42.5 Å². The van der Waals surface area contributed by atoms with Gasteiger partial charge in [-0.15, -0.1) is 22.0 Å². The Bertz CT molecular complexity index is 977. The summed E-state index contributed by atoms with van der Waals surface area (Å²) in [7, 11) is 0. The summed E-state index contributed by atoms with van der Waals surface area (Å²) in [6.07, 6.45) is 0.694. The average Bonchev–Trinajstić information content (AvgIpc) is 3.11. The molecule has 1 aromatic heterocycles. The number of thioether (sulfide) groups is 1. The van der Waals surface area contributed by atoms with Crippen LogP contribution >= 0.6 is 35.3 Å². The highest BCUT2D eigenvalue weighted by Gasteiger charge is 2.19. The van der Waals surface area contributed by atoms with Crippen LogP contribution in [-0.2, 0) is 4.79 Å². The summed E-state index contributed by atoms with van der Waals surface area (Å²) < 4.78 is 0. The number of aromatic nitrogens is 2. The third kappa shape index (κ3) is 6.52. The van der Waals surface area contributed by atoms with Crippen LogP contribution in [0.3, 0.4) is 0 Å². The van der Waals surface area contributed by atoms with E-state index in [4.69, 9.17) is 12.2 Å². The van der Waals surface area contributed by atoms with E-state index in [2.05, 4.69) is 26.1 Å². The molecule has 0 spiro atoms. The van der Waals surface area contributed by atoms with Crippen LogP contribution in [0.1, 0.15) is 18.4 Å². The molecule has 3 rings (SSSR count). The summed E-state index contributed by atoms with van der Waals surface area (Å²) >= 11 is 8.26. The smallest absolute Gasteiger partial charge is 0.239 e. The van der Waals surface area contributed by atoms with Crippen molar-refractivity contribution in [2.24, 2.45) is 0 Å². The Morgan fingerprint density at radius 3 is 2.48 bits per heavy atom. The summed E-state index contributed by atoms with van der Waals surface area (Å²) in [5.41, 5.74) is 1.78. The van der Waals surface area contributed by atoms with E-state index in [9.17, 15) is 4.79 Å². The molecule has 0 aliphatic heterocycles. The first kappa shape index (κ1) is 21.2. The lowest BCUT2D eigenvalue weighted by Gasteiger charge is -2.15. The van der Waals surface area contributed by atoms with E-state index in [0.29, 0.717) is 16.7 Å². The number of hydrogen-bond acceptors (Lipinski definition) is 6. The molecule has 3 aromatic rings. The Kier molecular flexibility index (Phi) is 7.56. The minimum Gasteiger partial charge on any atom is -0.332 e. The van der Waals surface area contributed by atoms with Crippen LogP contribution in [0.25, 0.3) is 0 Å². The number of aryl methyl sites for hydroxylation is 1. The number of para-hydroxylation sites is 1. The lowest BCUT2D eigenvalue weighted by Crippen LogP contribution is -2.24. The molecule has 6 nitrogen and oxygen atoms in total. The molecule has 0 saturated heterocycles. The molecule has 29 heavy (non-hydrogen) atoms. The van der Waals surface area contributed by atoms with Crippen molar-refractivity contribution in [2.75, 3.05) is 16.0 Å². The van der Waals surface area contributed by atoms with Crippen LogP contribution in [0.5, 0.6) is 0 Å². The van der Waals surface area contributed by atoms with E-state index < -0.39 is 0 Å². The fourth-order valence-electron chi connectivity index (χ4n) is 2.48. The number of carbonyl (C=O) groups is 1. The molecule has 1 unspecified atom stereocenters. The number of carbonyl (C=O) groups excluding carboxylic acids is 1. The van der Waals surface area contributed by atoms with Crippen molar-refractivity contribution < 1.29 is 4.79 Å². The lowest BCUT2D eigenvalue weighted by atomic mass is 10.3. The fourth-order valence-corrected chi connectivity index (χ4v) is 4.33. The molecule has 2 aromatic carbocycles. The minimum absolute atomic E-state index is 0.0757. The average molecular weight is 444 g/mol. The summed E-state index contributed by atoms with van der Waals surface area (Å²) in [5, 5.41) is 18.7. The van der Waals surface area contributed by atoms with Gasteiger partial charge in [-0.3, -0.25) is 10.1 Å². The van der Waals surface area contributed by atoms with Crippen LogP contribution in [0.15, 0.2) is 59.5 Å². The molecule has 0 radical (unpaired) electrons. The van der Waals surface area contributed by atoms with E-state index in [1.807, 2.05) is 68.4 Å². The maximum absolute atomic E-state index is 12.6. The van der Waals surface area contributed by atoms with Crippen molar-refractivity contribution in [1.29, 1.82) is 0 Å². The summed E-state index contributed by atoms with van der Waals surface area (Å²) in [4.78, 5) is 13.6. The zero-order valence-electron chi connectivity index (χ0n) is 16.0. The van der Waals surface area contributed by atoms with Crippen molar-refractivity contribution in [1.82, 2.24) is 10.2 Å². The molecule has 0 aliphatic carbocycles. The van der Waals surface area contributed by atoms with Gasteiger partial charge in [0.1, 0.15) is 5.01 Å². The number of amides is 1. The fraction of sp³-hybridized carbons (Fsp3) is 0.200. The number of nitrogens with zero attached hydrogens (tertiary/aromatic N) is 2. The Balaban J connectivity index is 1.60. The summed E-state index contributed by atoms with van der Waals surface area (Å²) in [6.45, 7) is 3.85. The Morgan fingerprint density at radius 1 is 1.07 bits per heavy atom. The van der Waals surface area contributed by atoms with E-state index in [1.165, 1.54) is 23.1 Å². The number of hydrogen-bond donors (Lipinski definition) is 3. The molecular weight excluding hydrogens is 422 g/mol. The van der Waals surface area contributed by atoms with Crippen LogP contribution in [0.4, 0.5) is 16.5 Å². The number of thiocarbonyl (C=S) groups is 1. The van der Waals surface area contributed by atoms with Gasteiger partial charge in [-0.05, 0) is 55.9 Å². The van der Waals surface area contributed by atoms with Gasteiger partial charge >= 0.3 is 0 Å². The number of nitrogens with one attached hydrogen (secondary N) is 3. The molecule has 0 saturated carbocycles. The van der Waals surface area contributed by atoms with Gasteiger partial charge in [0.15, 0.2) is 5.11 Å². The highest BCUT2D eigenvalue weighted by atomic mass is 32.2. The van der Waals surface area contributed by atoms with Gasteiger partial charge in [0.25, 0.3) is 0 Å². The largest absolute Gasteiger partial charge is 0.332 e. The van der Waals surface area contributed by atoms with Gasteiger partial charge in [0.2, 0.25) is 11.0 Å². The monoisotopic (exact) mass is 443 g/mol. The molecule has 150 valence electrons. The molecule has 3 N–H and O–H groups in total. The predicted octanol–water partition coefficient (Wildman–Crippen LogP) is 5.16. The van der Waals surface area contributed by atoms with Gasteiger partial charge < -0.3 is 10.6 Å². The SMILES string of the molecule is CCC(Sc1cccc(NC(=S)Nc2ccccc2)c1)C(=O)Nc1nnc(C)s1. The Labute approximate surface area is 183 Å². The van der Waals surface area contributed by atoms with Crippen molar-refractivity contribution in [3.8, 4) is 0 Å². The topological polar surface area (TPSA) is 78.9 Å². The molecule has 1 atom stereocenters.